The Balaban J connectivity index is 1.88. The summed E-state index contributed by atoms with van der Waals surface area (Å²) in [6.07, 6.45) is 3.49. The zero-order chi connectivity index (χ0) is 13.0. The molecule has 1 saturated heterocycles. The van der Waals surface area contributed by atoms with Crippen LogP contribution in [0.25, 0.3) is 0 Å². The van der Waals surface area contributed by atoms with Gasteiger partial charge in [0, 0.05) is 31.3 Å². The molecule has 0 aliphatic carbocycles. The summed E-state index contributed by atoms with van der Waals surface area (Å²) < 4.78 is 5.03. The second-order valence-corrected chi connectivity index (χ2v) is 4.10. The van der Waals surface area contributed by atoms with E-state index in [0.29, 0.717) is 6.61 Å². The van der Waals surface area contributed by atoms with Gasteiger partial charge in [0.1, 0.15) is 0 Å². The van der Waals surface area contributed by atoms with Gasteiger partial charge in [-0.1, -0.05) is 0 Å². The molecule has 1 aromatic rings. The van der Waals surface area contributed by atoms with Gasteiger partial charge < -0.3 is 20.5 Å². The lowest BCUT2D eigenvalue weighted by atomic mass is 9.99. The minimum Gasteiger partial charge on any atom is -0.479 e. The van der Waals surface area contributed by atoms with E-state index in [1.807, 2.05) is 0 Å². The molecule has 0 bridgehead atoms. The number of carbonyl (C=O) groups is 2. The Bertz CT molecular complexity index is 425. The molecule has 18 heavy (non-hydrogen) atoms. The number of aromatic amines is 1. The van der Waals surface area contributed by atoms with Gasteiger partial charge in [-0.2, -0.15) is 5.10 Å². The number of aromatic nitrogens is 2. The third kappa shape index (κ3) is 2.59. The first kappa shape index (κ1) is 12.4. The van der Waals surface area contributed by atoms with Gasteiger partial charge in [-0.25, -0.2) is 9.59 Å². The van der Waals surface area contributed by atoms with E-state index in [0.717, 1.165) is 5.56 Å². The maximum atomic E-state index is 11.6. The number of carbonyl (C=O) groups excluding carboxylic acids is 1. The molecule has 0 spiro atoms. The molecule has 1 aromatic heterocycles. The molecule has 2 rings (SSSR count). The van der Waals surface area contributed by atoms with E-state index in [1.165, 1.54) is 0 Å². The fourth-order valence-corrected chi connectivity index (χ4v) is 1.70. The summed E-state index contributed by atoms with van der Waals surface area (Å²) in [4.78, 5) is 22.8. The predicted molar refractivity (Wildman–Crippen MR) is 59.8 cm³/mol. The number of ether oxygens (including phenoxy) is 1. The Hall–Kier alpha value is -2.09. The largest absolute Gasteiger partial charge is 0.479 e. The smallest absolute Gasteiger partial charge is 0.332 e. The molecule has 2 heterocycles. The van der Waals surface area contributed by atoms with Crippen LogP contribution in [-0.2, 0) is 16.1 Å². The summed E-state index contributed by atoms with van der Waals surface area (Å²) in [5, 5.41) is 20.5. The van der Waals surface area contributed by atoms with Gasteiger partial charge in [0.15, 0.2) is 5.54 Å². The van der Waals surface area contributed by atoms with Gasteiger partial charge in [0.25, 0.3) is 0 Å². The molecule has 0 saturated carbocycles. The third-order valence-corrected chi connectivity index (χ3v) is 2.79. The highest BCUT2D eigenvalue weighted by Crippen LogP contribution is 2.18. The number of nitrogens with one attached hydrogen (secondary N) is 3. The van der Waals surface area contributed by atoms with Gasteiger partial charge in [0.05, 0.1) is 12.8 Å². The van der Waals surface area contributed by atoms with E-state index in [-0.39, 0.29) is 19.6 Å². The van der Waals surface area contributed by atoms with E-state index < -0.39 is 17.5 Å². The van der Waals surface area contributed by atoms with Crippen molar-refractivity contribution >= 4 is 12.0 Å². The molecule has 1 fully saturated rings. The second-order valence-electron chi connectivity index (χ2n) is 4.10. The molecule has 98 valence electrons. The highest BCUT2D eigenvalue weighted by Gasteiger charge is 2.43. The first-order valence-corrected chi connectivity index (χ1v) is 5.47. The normalized spacial score (nSPS) is 22.7. The van der Waals surface area contributed by atoms with Crippen molar-refractivity contribution in [1.82, 2.24) is 20.8 Å². The quantitative estimate of drug-likeness (QED) is 0.575. The molecule has 4 N–H and O–H groups in total. The third-order valence-electron chi connectivity index (χ3n) is 2.79. The number of carboxylic acids is 1. The second kappa shape index (κ2) is 5.05. The van der Waals surface area contributed by atoms with Crippen LogP contribution in [0.2, 0.25) is 0 Å². The number of amides is 2. The van der Waals surface area contributed by atoms with Crippen molar-refractivity contribution in [3.63, 3.8) is 0 Å². The van der Waals surface area contributed by atoms with Crippen LogP contribution in [0.15, 0.2) is 12.4 Å². The van der Waals surface area contributed by atoms with E-state index in [4.69, 9.17) is 9.84 Å². The Morgan fingerprint density at radius 2 is 2.44 bits per heavy atom. The van der Waals surface area contributed by atoms with Crippen LogP contribution < -0.4 is 10.6 Å². The number of carboxylic acid groups (broad SMARTS) is 1. The van der Waals surface area contributed by atoms with E-state index in [1.54, 1.807) is 12.4 Å². The topological polar surface area (TPSA) is 116 Å². The molecular formula is C10H14N4O4. The summed E-state index contributed by atoms with van der Waals surface area (Å²) in [6, 6.07) is -0.538. The average molecular weight is 254 g/mol. The minimum atomic E-state index is -1.32. The van der Waals surface area contributed by atoms with E-state index in [9.17, 15) is 9.59 Å². The van der Waals surface area contributed by atoms with Crippen molar-refractivity contribution in [3.05, 3.63) is 18.0 Å². The predicted octanol–water partition coefficient (Wildman–Crippen LogP) is -0.547. The number of hydrogen-bond acceptors (Lipinski definition) is 4. The van der Waals surface area contributed by atoms with Crippen molar-refractivity contribution in [1.29, 1.82) is 0 Å². The van der Waals surface area contributed by atoms with Crippen molar-refractivity contribution in [2.24, 2.45) is 0 Å². The fourth-order valence-electron chi connectivity index (χ4n) is 1.70. The van der Waals surface area contributed by atoms with E-state index in [2.05, 4.69) is 20.8 Å². The Kier molecular flexibility index (Phi) is 3.47. The molecular weight excluding hydrogens is 240 g/mol. The van der Waals surface area contributed by atoms with Crippen molar-refractivity contribution in [2.75, 3.05) is 13.2 Å². The Labute approximate surface area is 103 Å². The number of hydrogen-bond donors (Lipinski definition) is 4. The van der Waals surface area contributed by atoms with Crippen LogP contribution in [0.1, 0.15) is 12.0 Å². The van der Waals surface area contributed by atoms with Gasteiger partial charge >= 0.3 is 12.0 Å². The maximum Gasteiger partial charge on any atom is 0.332 e. The first-order chi connectivity index (χ1) is 8.62. The molecule has 0 aromatic carbocycles. The monoisotopic (exact) mass is 254 g/mol. The highest BCUT2D eigenvalue weighted by atomic mass is 16.5. The van der Waals surface area contributed by atoms with E-state index >= 15 is 0 Å². The maximum absolute atomic E-state index is 11.6. The van der Waals surface area contributed by atoms with Crippen molar-refractivity contribution < 1.29 is 19.4 Å². The van der Waals surface area contributed by atoms with Gasteiger partial charge in [0.2, 0.25) is 0 Å². The fraction of sp³-hybridized carbons (Fsp3) is 0.500. The SMILES string of the molecule is O=C(NCc1cn[nH]c1)NC1(C(=O)O)CCOC1. The summed E-state index contributed by atoms with van der Waals surface area (Å²) in [7, 11) is 0. The molecule has 1 aliphatic heterocycles. The van der Waals surface area contributed by atoms with Crippen LogP contribution in [0, 0.1) is 0 Å². The van der Waals surface area contributed by atoms with Crippen LogP contribution in [0.3, 0.4) is 0 Å². The Morgan fingerprint density at radius 1 is 1.61 bits per heavy atom. The van der Waals surface area contributed by atoms with Gasteiger partial charge in [-0.05, 0) is 0 Å². The summed E-state index contributed by atoms with van der Waals surface area (Å²) >= 11 is 0. The zero-order valence-electron chi connectivity index (χ0n) is 9.60. The van der Waals surface area contributed by atoms with Crippen molar-refractivity contribution in [3.8, 4) is 0 Å². The minimum absolute atomic E-state index is 0.0124. The molecule has 1 aliphatic rings. The molecule has 8 heteroatoms. The molecule has 1 atom stereocenters. The number of rotatable bonds is 4. The van der Waals surface area contributed by atoms with Crippen LogP contribution >= 0.6 is 0 Å². The summed E-state index contributed by atoms with van der Waals surface area (Å²) in [6.45, 7) is 0.592. The summed E-state index contributed by atoms with van der Waals surface area (Å²) in [5.41, 5.74) is -0.516. The summed E-state index contributed by atoms with van der Waals surface area (Å²) in [5.74, 6) is -1.08. The molecule has 1 unspecified atom stereocenters. The standard InChI is InChI=1S/C10H14N4O4/c15-8(16)10(1-2-18-6-10)14-9(17)11-3-7-4-12-13-5-7/h4-5H,1-3,6H2,(H,12,13)(H,15,16)(H2,11,14,17). The number of H-pyrrole nitrogens is 1. The lowest BCUT2D eigenvalue weighted by Gasteiger charge is -2.23. The number of urea groups is 1. The van der Waals surface area contributed by atoms with Gasteiger partial charge in [-0.15, -0.1) is 0 Å². The average Bonchev–Trinajstić information content (AvgIpc) is 2.97. The number of aliphatic carboxylic acids is 1. The highest BCUT2D eigenvalue weighted by molar-refractivity contribution is 5.86. The first-order valence-electron chi connectivity index (χ1n) is 5.47. The van der Waals surface area contributed by atoms with Crippen LogP contribution in [0.4, 0.5) is 4.79 Å². The van der Waals surface area contributed by atoms with Gasteiger partial charge in [-0.3, -0.25) is 5.10 Å². The molecule has 2 amide bonds. The van der Waals surface area contributed by atoms with Crippen molar-refractivity contribution in [2.45, 2.75) is 18.5 Å². The lowest BCUT2D eigenvalue weighted by Crippen LogP contribution is -2.57. The molecule has 8 nitrogen and oxygen atoms in total. The Morgan fingerprint density at radius 3 is 3.00 bits per heavy atom. The molecule has 0 radical (unpaired) electrons. The lowest BCUT2D eigenvalue weighted by molar-refractivity contribution is -0.144. The number of nitrogens with zero attached hydrogens (tertiary/aromatic N) is 1. The van der Waals surface area contributed by atoms with Crippen LogP contribution in [-0.4, -0.2) is 46.1 Å². The zero-order valence-corrected chi connectivity index (χ0v) is 9.60. The van der Waals surface area contributed by atoms with Crippen LogP contribution in [0.5, 0.6) is 0 Å².